The van der Waals surface area contributed by atoms with Crippen molar-refractivity contribution in [2.24, 2.45) is 0 Å². The van der Waals surface area contributed by atoms with Crippen LogP contribution in [0.1, 0.15) is 40.5 Å². The number of aliphatic hydroxyl groups is 1. The van der Waals surface area contributed by atoms with E-state index in [-0.39, 0.29) is 6.10 Å². The summed E-state index contributed by atoms with van der Waals surface area (Å²) in [7, 11) is 0. The Bertz CT molecular complexity index is 219. The third-order valence-electron chi connectivity index (χ3n) is 3.92. The highest BCUT2D eigenvalue weighted by Crippen LogP contribution is 2.07. The third kappa shape index (κ3) is 6.70. The van der Waals surface area contributed by atoms with E-state index in [1.807, 2.05) is 0 Å². The number of β-amino-alcohol motifs (C(OH)–C–C–N with tert-alkyl or cyclic N) is 1. The minimum Gasteiger partial charge on any atom is -0.390 e. The minimum atomic E-state index is -0.232. The van der Waals surface area contributed by atoms with Gasteiger partial charge in [-0.2, -0.15) is 0 Å². The van der Waals surface area contributed by atoms with Gasteiger partial charge in [0.05, 0.1) is 6.10 Å². The molecule has 4 heteroatoms. The maximum absolute atomic E-state index is 9.98. The van der Waals surface area contributed by atoms with Gasteiger partial charge in [0.15, 0.2) is 0 Å². The van der Waals surface area contributed by atoms with Crippen LogP contribution in [0.15, 0.2) is 0 Å². The molecular formula is C15H33N3O. The molecule has 0 aromatic rings. The topological polar surface area (TPSA) is 38.7 Å². The Hall–Kier alpha value is -0.160. The van der Waals surface area contributed by atoms with Gasteiger partial charge in [0.25, 0.3) is 0 Å². The van der Waals surface area contributed by atoms with Crippen molar-refractivity contribution in [2.45, 2.75) is 58.7 Å². The number of likely N-dealkylation sites (tertiary alicyclic amines) is 1. The summed E-state index contributed by atoms with van der Waals surface area (Å²) < 4.78 is 0. The molecule has 2 N–H and O–H groups in total. The molecule has 114 valence electrons. The van der Waals surface area contributed by atoms with Crippen molar-refractivity contribution in [1.29, 1.82) is 0 Å². The number of hydrogen-bond donors (Lipinski definition) is 2. The van der Waals surface area contributed by atoms with Crippen molar-refractivity contribution in [3.05, 3.63) is 0 Å². The Balaban J connectivity index is 2.08. The first-order valence-electron chi connectivity index (χ1n) is 7.87. The monoisotopic (exact) mass is 271 g/mol. The molecule has 1 unspecified atom stereocenters. The summed E-state index contributed by atoms with van der Waals surface area (Å²) in [5, 5.41) is 13.4. The summed E-state index contributed by atoms with van der Waals surface area (Å²) in [6.45, 7) is 14.8. The van der Waals surface area contributed by atoms with Crippen molar-refractivity contribution < 1.29 is 5.11 Å². The van der Waals surface area contributed by atoms with E-state index in [1.165, 1.54) is 12.8 Å². The van der Waals surface area contributed by atoms with Crippen LogP contribution in [0, 0.1) is 0 Å². The number of nitrogens with one attached hydrogen (secondary N) is 1. The van der Waals surface area contributed by atoms with E-state index in [1.54, 1.807) is 0 Å². The van der Waals surface area contributed by atoms with Gasteiger partial charge in [-0.05, 0) is 53.6 Å². The van der Waals surface area contributed by atoms with Gasteiger partial charge in [0, 0.05) is 38.3 Å². The molecule has 1 aliphatic heterocycles. The Labute approximate surface area is 119 Å². The number of aliphatic hydroxyl groups excluding tert-OH is 1. The molecule has 1 atom stereocenters. The SMILES string of the molecule is CC(C)N(CCNCC(O)CN1CCCC1)C(C)C. The second-order valence-corrected chi connectivity index (χ2v) is 6.29. The fourth-order valence-corrected chi connectivity index (χ4v) is 2.92. The molecule has 0 aliphatic carbocycles. The number of nitrogens with zero attached hydrogens (tertiary/aromatic N) is 2. The molecule has 1 rings (SSSR count). The molecule has 0 radical (unpaired) electrons. The Morgan fingerprint density at radius 3 is 2.21 bits per heavy atom. The van der Waals surface area contributed by atoms with Crippen LogP contribution in [0.3, 0.4) is 0 Å². The maximum atomic E-state index is 9.98. The lowest BCUT2D eigenvalue weighted by atomic mass is 10.2. The first-order chi connectivity index (χ1) is 9.00. The predicted octanol–water partition coefficient (Wildman–Crippen LogP) is 1.15. The predicted molar refractivity (Wildman–Crippen MR) is 81.5 cm³/mol. The third-order valence-corrected chi connectivity index (χ3v) is 3.92. The highest BCUT2D eigenvalue weighted by atomic mass is 16.3. The van der Waals surface area contributed by atoms with Gasteiger partial charge in [-0.3, -0.25) is 4.90 Å². The average Bonchev–Trinajstić information content (AvgIpc) is 2.80. The molecule has 1 saturated heterocycles. The second kappa shape index (κ2) is 8.90. The molecule has 19 heavy (non-hydrogen) atoms. The van der Waals surface area contributed by atoms with Gasteiger partial charge in [-0.15, -0.1) is 0 Å². The van der Waals surface area contributed by atoms with E-state index in [2.05, 4.69) is 42.8 Å². The van der Waals surface area contributed by atoms with Crippen LogP contribution in [0.5, 0.6) is 0 Å². The van der Waals surface area contributed by atoms with Gasteiger partial charge in [-0.25, -0.2) is 0 Å². The van der Waals surface area contributed by atoms with E-state index in [4.69, 9.17) is 0 Å². The lowest BCUT2D eigenvalue weighted by Gasteiger charge is -2.30. The molecule has 0 aromatic heterocycles. The van der Waals surface area contributed by atoms with Gasteiger partial charge in [-0.1, -0.05) is 0 Å². The second-order valence-electron chi connectivity index (χ2n) is 6.29. The molecule has 0 bridgehead atoms. The van der Waals surface area contributed by atoms with Crippen LogP contribution in [-0.2, 0) is 0 Å². The molecule has 0 spiro atoms. The zero-order valence-corrected chi connectivity index (χ0v) is 13.2. The quantitative estimate of drug-likeness (QED) is 0.617. The molecular weight excluding hydrogens is 238 g/mol. The largest absolute Gasteiger partial charge is 0.390 e. The summed E-state index contributed by atoms with van der Waals surface area (Å²) in [5.41, 5.74) is 0. The van der Waals surface area contributed by atoms with Crippen molar-refractivity contribution in [1.82, 2.24) is 15.1 Å². The van der Waals surface area contributed by atoms with Crippen molar-refractivity contribution in [3.8, 4) is 0 Å². The van der Waals surface area contributed by atoms with E-state index in [0.717, 1.165) is 32.7 Å². The summed E-state index contributed by atoms with van der Waals surface area (Å²) >= 11 is 0. The van der Waals surface area contributed by atoms with Crippen LogP contribution in [0.25, 0.3) is 0 Å². The minimum absolute atomic E-state index is 0.232. The van der Waals surface area contributed by atoms with Crippen molar-refractivity contribution in [3.63, 3.8) is 0 Å². The standard InChI is InChI=1S/C15H33N3O/c1-13(2)18(14(3)4)10-7-16-11-15(19)12-17-8-5-6-9-17/h13-16,19H,5-12H2,1-4H3. The lowest BCUT2D eigenvalue weighted by molar-refractivity contribution is 0.120. The summed E-state index contributed by atoms with van der Waals surface area (Å²) in [6, 6.07) is 1.16. The highest BCUT2D eigenvalue weighted by molar-refractivity contribution is 4.73. The van der Waals surface area contributed by atoms with Crippen LogP contribution < -0.4 is 5.32 Å². The van der Waals surface area contributed by atoms with Gasteiger partial charge in [0.2, 0.25) is 0 Å². The fourth-order valence-electron chi connectivity index (χ4n) is 2.92. The molecule has 0 amide bonds. The summed E-state index contributed by atoms with van der Waals surface area (Å²) in [5.74, 6) is 0. The molecule has 0 saturated carbocycles. The van der Waals surface area contributed by atoms with Gasteiger partial charge < -0.3 is 15.3 Å². The fraction of sp³-hybridized carbons (Fsp3) is 1.00. The zero-order chi connectivity index (χ0) is 14.3. The van der Waals surface area contributed by atoms with Crippen molar-refractivity contribution >= 4 is 0 Å². The normalized spacial score (nSPS) is 18.9. The molecule has 1 heterocycles. The first kappa shape index (κ1) is 16.9. The molecule has 4 nitrogen and oxygen atoms in total. The Kier molecular flexibility index (Phi) is 7.91. The van der Waals surface area contributed by atoms with Crippen LogP contribution >= 0.6 is 0 Å². The average molecular weight is 271 g/mol. The van der Waals surface area contributed by atoms with E-state index < -0.39 is 0 Å². The smallest absolute Gasteiger partial charge is 0.0791 e. The number of rotatable bonds is 9. The van der Waals surface area contributed by atoms with Crippen LogP contribution in [0.2, 0.25) is 0 Å². The Morgan fingerprint density at radius 1 is 1.11 bits per heavy atom. The first-order valence-corrected chi connectivity index (χ1v) is 7.87. The molecule has 1 fully saturated rings. The summed E-state index contributed by atoms with van der Waals surface area (Å²) in [6.07, 6.45) is 2.35. The van der Waals surface area contributed by atoms with Crippen LogP contribution in [-0.4, -0.2) is 72.4 Å². The van der Waals surface area contributed by atoms with E-state index in [9.17, 15) is 5.11 Å². The van der Waals surface area contributed by atoms with Crippen molar-refractivity contribution in [2.75, 3.05) is 39.3 Å². The van der Waals surface area contributed by atoms with E-state index >= 15 is 0 Å². The maximum Gasteiger partial charge on any atom is 0.0791 e. The van der Waals surface area contributed by atoms with E-state index in [0.29, 0.717) is 18.6 Å². The highest BCUT2D eigenvalue weighted by Gasteiger charge is 2.16. The Morgan fingerprint density at radius 2 is 1.68 bits per heavy atom. The van der Waals surface area contributed by atoms with Gasteiger partial charge in [0.1, 0.15) is 0 Å². The number of hydrogen-bond acceptors (Lipinski definition) is 4. The zero-order valence-electron chi connectivity index (χ0n) is 13.2. The molecule has 1 aliphatic rings. The van der Waals surface area contributed by atoms with Gasteiger partial charge >= 0.3 is 0 Å². The lowest BCUT2D eigenvalue weighted by Crippen LogP contribution is -2.43. The molecule has 0 aromatic carbocycles. The van der Waals surface area contributed by atoms with Crippen LogP contribution in [0.4, 0.5) is 0 Å². The summed E-state index contributed by atoms with van der Waals surface area (Å²) in [4.78, 5) is 4.83.